The van der Waals surface area contributed by atoms with Crippen LogP contribution in [-0.2, 0) is 0 Å². The molecule has 0 saturated heterocycles. The van der Waals surface area contributed by atoms with Gasteiger partial charge in [-0.05, 0) is 47.1 Å². The zero-order chi connectivity index (χ0) is 14.1. The smallest absolute Gasteiger partial charge is 0.215 e. The Hall–Kier alpha value is -1.59. The minimum absolute atomic E-state index is 0.579. The van der Waals surface area contributed by atoms with Crippen molar-refractivity contribution in [3.8, 4) is 17.3 Å². The first-order valence-electron chi connectivity index (χ1n) is 6.12. The van der Waals surface area contributed by atoms with E-state index in [1.54, 1.807) is 0 Å². The molecule has 1 N–H and O–H groups in total. The average Bonchev–Trinajstić information content (AvgIpc) is 2.85. The summed E-state index contributed by atoms with van der Waals surface area (Å²) in [6.07, 6.45) is 0. The summed E-state index contributed by atoms with van der Waals surface area (Å²) in [5, 5.41) is 0.668. The van der Waals surface area contributed by atoms with Crippen LogP contribution in [0.2, 0.25) is 5.02 Å². The number of H-pyrrole nitrogens is 1. The van der Waals surface area contributed by atoms with E-state index in [9.17, 15) is 0 Å². The lowest BCUT2D eigenvalue weighted by atomic mass is 10.2. The van der Waals surface area contributed by atoms with Gasteiger partial charge in [0.05, 0.1) is 17.1 Å². The zero-order valence-electron chi connectivity index (χ0n) is 10.7. The van der Waals surface area contributed by atoms with Gasteiger partial charge in [0.15, 0.2) is 5.65 Å². The van der Waals surface area contributed by atoms with Crippen molar-refractivity contribution in [2.75, 3.05) is 6.61 Å². The standard InChI is InChI=1S/C14H11BrClN3O/c1-2-20-12-6-5-11-14(18-12)19-13(17-11)8-3-4-10(16)9(15)7-8/h3-7H,2H2,1H3,(H,17,18,19). The summed E-state index contributed by atoms with van der Waals surface area (Å²) in [7, 11) is 0. The average molecular weight is 353 g/mol. The van der Waals surface area contributed by atoms with Crippen molar-refractivity contribution in [2.24, 2.45) is 0 Å². The van der Waals surface area contributed by atoms with Crippen LogP contribution < -0.4 is 4.74 Å². The number of ether oxygens (including phenoxy) is 1. The van der Waals surface area contributed by atoms with Gasteiger partial charge in [0, 0.05) is 16.1 Å². The zero-order valence-corrected chi connectivity index (χ0v) is 13.0. The molecule has 6 heteroatoms. The molecule has 3 aromatic rings. The number of pyridine rings is 1. The van der Waals surface area contributed by atoms with Gasteiger partial charge in [-0.15, -0.1) is 0 Å². The lowest BCUT2D eigenvalue weighted by Crippen LogP contribution is -1.93. The Kier molecular flexibility index (Phi) is 3.63. The van der Waals surface area contributed by atoms with Gasteiger partial charge in [-0.3, -0.25) is 0 Å². The van der Waals surface area contributed by atoms with E-state index in [4.69, 9.17) is 16.3 Å². The van der Waals surface area contributed by atoms with Crippen molar-refractivity contribution in [2.45, 2.75) is 6.92 Å². The largest absolute Gasteiger partial charge is 0.478 e. The number of aromatic nitrogens is 3. The minimum Gasteiger partial charge on any atom is -0.478 e. The summed E-state index contributed by atoms with van der Waals surface area (Å²) < 4.78 is 6.21. The van der Waals surface area contributed by atoms with E-state index in [0.717, 1.165) is 21.4 Å². The molecule has 2 heterocycles. The fourth-order valence-corrected chi connectivity index (χ4v) is 2.38. The third kappa shape index (κ3) is 2.51. The van der Waals surface area contributed by atoms with Crippen LogP contribution in [0, 0.1) is 0 Å². The van der Waals surface area contributed by atoms with E-state index >= 15 is 0 Å². The van der Waals surface area contributed by atoms with Gasteiger partial charge >= 0.3 is 0 Å². The Balaban J connectivity index is 2.05. The summed E-state index contributed by atoms with van der Waals surface area (Å²) in [4.78, 5) is 12.1. The Morgan fingerprint density at radius 1 is 1.25 bits per heavy atom. The number of hydrogen-bond donors (Lipinski definition) is 1. The third-order valence-electron chi connectivity index (χ3n) is 2.81. The summed E-state index contributed by atoms with van der Waals surface area (Å²) in [6, 6.07) is 9.39. The van der Waals surface area contributed by atoms with Crippen LogP contribution >= 0.6 is 27.5 Å². The number of nitrogens with one attached hydrogen (secondary N) is 1. The van der Waals surface area contributed by atoms with E-state index in [-0.39, 0.29) is 0 Å². The van der Waals surface area contributed by atoms with E-state index in [0.29, 0.717) is 23.2 Å². The van der Waals surface area contributed by atoms with Gasteiger partial charge in [0.2, 0.25) is 5.88 Å². The molecule has 0 atom stereocenters. The maximum absolute atomic E-state index is 6.00. The quantitative estimate of drug-likeness (QED) is 0.758. The first-order valence-corrected chi connectivity index (χ1v) is 7.29. The maximum Gasteiger partial charge on any atom is 0.215 e. The normalized spacial score (nSPS) is 10.9. The van der Waals surface area contributed by atoms with E-state index < -0.39 is 0 Å². The van der Waals surface area contributed by atoms with Gasteiger partial charge < -0.3 is 9.72 Å². The van der Waals surface area contributed by atoms with Gasteiger partial charge in [-0.1, -0.05) is 11.6 Å². The van der Waals surface area contributed by atoms with Crippen molar-refractivity contribution < 1.29 is 4.74 Å². The molecule has 3 rings (SSSR count). The predicted molar refractivity (Wildman–Crippen MR) is 83.2 cm³/mol. The fourth-order valence-electron chi connectivity index (χ4n) is 1.88. The molecule has 0 unspecified atom stereocenters. The Labute approximate surface area is 129 Å². The number of benzene rings is 1. The van der Waals surface area contributed by atoms with Gasteiger partial charge in [0.25, 0.3) is 0 Å². The molecule has 4 nitrogen and oxygen atoms in total. The fraction of sp³-hybridized carbons (Fsp3) is 0.143. The van der Waals surface area contributed by atoms with Crippen LogP contribution in [0.1, 0.15) is 6.92 Å². The number of fused-ring (bicyclic) bond motifs is 1. The molecule has 0 radical (unpaired) electrons. The Morgan fingerprint density at radius 3 is 2.85 bits per heavy atom. The molecule has 0 aliphatic rings. The van der Waals surface area contributed by atoms with Gasteiger partial charge in [-0.25, -0.2) is 4.98 Å². The van der Waals surface area contributed by atoms with Crippen molar-refractivity contribution in [3.63, 3.8) is 0 Å². The van der Waals surface area contributed by atoms with E-state index in [1.807, 2.05) is 37.3 Å². The van der Waals surface area contributed by atoms with Crippen LogP contribution in [0.3, 0.4) is 0 Å². The molecule has 1 aromatic carbocycles. The van der Waals surface area contributed by atoms with Crippen molar-refractivity contribution in [3.05, 3.63) is 39.8 Å². The Morgan fingerprint density at radius 2 is 2.10 bits per heavy atom. The lowest BCUT2D eigenvalue weighted by molar-refractivity contribution is 0.328. The van der Waals surface area contributed by atoms with E-state index in [2.05, 4.69) is 30.9 Å². The number of imidazole rings is 1. The lowest BCUT2D eigenvalue weighted by Gasteiger charge is -1.99. The highest BCUT2D eigenvalue weighted by Crippen LogP contribution is 2.28. The third-order valence-corrected chi connectivity index (χ3v) is 4.02. The first kappa shape index (κ1) is 13.4. The molecule has 2 aromatic heterocycles. The molecule has 102 valence electrons. The molecular weight excluding hydrogens is 342 g/mol. The van der Waals surface area contributed by atoms with E-state index in [1.165, 1.54) is 0 Å². The minimum atomic E-state index is 0.579. The SMILES string of the molecule is CCOc1ccc2[nH]c(-c3ccc(Cl)c(Br)c3)nc2n1. The number of aromatic amines is 1. The highest BCUT2D eigenvalue weighted by atomic mass is 79.9. The summed E-state index contributed by atoms with van der Waals surface area (Å²) in [6.45, 7) is 2.51. The number of rotatable bonds is 3. The van der Waals surface area contributed by atoms with Crippen LogP contribution in [-0.4, -0.2) is 21.6 Å². The second-order valence-electron chi connectivity index (χ2n) is 4.17. The second kappa shape index (κ2) is 5.42. The number of nitrogens with zero attached hydrogens (tertiary/aromatic N) is 2. The van der Waals surface area contributed by atoms with Crippen molar-refractivity contribution in [1.29, 1.82) is 0 Å². The highest BCUT2D eigenvalue weighted by molar-refractivity contribution is 9.10. The molecule has 0 bridgehead atoms. The molecule has 0 aliphatic heterocycles. The first-order chi connectivity index (χ1) is 9.67. The monoisotopic (exact) mass is 351 g/mol. The molecule has 0 amide bonds. The summed E-state index contributed by atoms with van der Waals surface area (Å²) >= 11 is 9.41. The van der Waals surface area contributed by atoms with Crippen LogP contribution in [0.4, 0.5) is 0 Å². The van der Waals surface area contributed by atoms with Gasteiger partial charge in [0.1, 0.15) is 5.82 Å². The maximum atomic E-state index is 6.00. The van der Waals surface area contributed by atoms with Crippen LogP contribution in [0.15, 0.2) is 34.8 Å². The molecule has 0 saturated carbocycles. The van der Waals surface area contributed by atoms with Crippen molar-refractivity contribution >= 4 is 38.7 Å². The number of halogens is 2. The Bertz CT molecular complexity index is 772. The predicted octanol–water partition coefficient (Wildman–Crippen LogP) is 4.44. The highest BCUT2D eigenvalue weighted by Gasteiger charge is 2.09. The van der Waals surface area contributed by atoms with Crippen molar-refractivity contribution in [1.82, 2.24) is 15.0 Å². The van der Waals surface area contributed by atoms with Gasteiger partial charge in [-0.2, -0.15) is 4.98 Å². The molecule has 0 fully saturated rings. The number of hydrogen-bond acceptors (Lipinski definition) is 3. The molecular formula is C14H11BrClN3O. The molecule has 0 spiro atoms. The molecule has 20 heavy (non-hydrogen) atoms. The summed E-state index contributed by atoms with van der Waals surface area (Å²) in [5.41, 5.74) is 2.45. The molecule has 0 aliphatic carbocycles. The van der Waals surface area contributed by atoms with Crippen LogP contribution in [0.5, 0.6) is 5.88 Å². The van der Waals surface area contributed by atoms with Crippen LogP contribution in [0.25, 0.3) is 22.6 Å². The topological polar surface area (TPSA) is 50.8 Å². The second-order valence-corrected chi connectivity index (χ2v) is 5.43. The summed E-state index contributed by atoms with van der Waals surface area (Å²) in [5.74, 6) is 1.33.